The molecule has 2 aromatic rings. The Bertz CT molecular complexity index is 817. The van der Waals surface area contributed by atoms with Gasteiger partial charge in [0.25, 0.3) is 5.91 Å². The predicted octanol–water partition coefficient (Wildman–Crippen LogP) is 0.669. The summed E-state index contributed by atoms with van der Waals surface area (Å²) >= 11 is 0. The summed E-state index contributed by atoms with van der Waals surface area (Å²) in [7, 11) is -1.70. The lowest BCUT2D eigenvalue weighted by molar-refractivity contribution is -0.123. The van der Waals surface area contributed by atoms with Crippen LogP contribution in [0, 0.1) is 12.8 Å². The summed E-state index contributed by atoms with van der Waals surface area (Å²) in [6, 6.07) is 8.34. The molecule has 0 unspecified atom stereocenters. The Morgan fingerprint density at radius 3 is 2.38 bits per heavy atom. The van der Waals surface area contributed by atoms with E-state index in [1.54, 1.807) is 6.92 Å². The van der Waals surface area contributed by atoms with Gasteiger partial charge in [-0.05, 0) is 24.8 Å². The van der Waals surface area contributed by atoms with Crippen LogP contribution in [0.1, 0.15) is 42.0 Å². The molecular weight excluding hydrogens is 371 g/mol. The van der Waals surface area contributed by atoms with Crippen molar-refractivity contribution in [2.75, 3.05) is 0 Å². The Morgan fingerprint density at radius 1 is 1.10 bits per heavy atom. The van der Waals surface area contributed by atoms with Crippen molar-refractivity contribution in [3.63, 3.8) is 0 Å². The van der Waals surface area contributed by atoms with Crippen molar-refractivity contribution in [2.45, 2.75) is 45.6 Å². The van der Waals surface area contributed by atoms with Crippen molar-refractivity contribution in [1.29, 1.82) is 0 Å². The minimum atomic E-state index is -1.70. The van der Waals surface area contributed by atoms with E-state index in [0.717, 1.165) is 5.56 Å². The van der Waals surface area contributed by atoms with Crippen LogP contribution in [-0.2, 0) is 11.2 Å². The molecule has 0 radical (unpaired) electrons. The van der Waals surface area contributed by atoms with Crippen LogP contribution < -0.4 is 10.6 Å². The van der Waals surface area contributed by atoms with Crippen molar-refractivity contribution in [3.05, 3.63) is 59.7 Å². The van der Waals surface area contributed by atoms with Crippen molar-refractivity contribution in [1.82, 2.24) is 20.6 Å². The van der Waals surface area contributed by atoms with Crippen molar-refractivity contribution < 1.29 is 19.6 Å². The number of aromatic nitrogens is 2. The van der Waals surface area contributed by atoms with Crippen molar-refractivity contribution >= 4 is 18.9 Å². The molecule has 2 amide bonds. The maximum Gasteiger partial charge on any atom is 0.475 e. The van der Waals surface area contributed by atoms with E-state index in [1.807, 2.05) is 44.2 Å². The number of aryl methyl sites for hydroxylation is 1. The lowest BCUT2D eigenvalue weighted by Crippen LogP contribution is -2.55. The number of amides is 2. The van der Waals surface area contributed by atoms with E-state index in [9.17, 15) is 19.6 Å². The topological polar surface area (TPSA) is 124 Å². The molecular formula is C20H27BN4O4. The molecule has 1 heterocycles. The first kappa shape index (κ1) is 22.5. The summed E-state index contributed by atoms with van der Waals surface area (Å²) in [5, 5.41) is 24.6. The molecule has 154 valence electrons. The number of carbonyl (C=O) groups excluding carboxylic acids is 2. The summed E-state index contributed by atoms with van der Waals surface area (Å²) in [4.78, 5) is 33.6. The summed E-state index contributed by atoms with van der Waals surface area (Å²) in [6.45, 7) is 5.55. The normalized spacial score (nSPS) is 12.9. The number of nitrogens with zero attached hydrogens (tertiary/aromatic N) is 2. The largest absolute Gasteiger partial charge is 0.475 e. The molecule has 0 saturated carbocycles. The van der Waals surface area contributed by atoms with Crippen LogP contribution in [0.4, 0.5) is 0 Å². The van der Waals surface area contributed by atoms with Crippen LogP contribution in [0.3, 0.4) is 0 Å². The van der Waals surface area contributed by atoms with Crippen LogP contribution in [0.2, 0.25) is 0 Å². The van der Waals surface area contributed by atoms with E-state index in [-0.39, 0.29) is 18.0 Å². The lowest BCUT2D eigenvalue weighted by Gasteiger charge is -2.24. The molecule has 8 nitrogen and oxygen atoms in total. The van der Waals surface area contributed by atoms with Crippen molar-refractivity contribution in [3.8, 4) is 0 Å². The van der Waals surface area contributed by atoms with Gasteiger partial charge in [-0.1, -0.05) is 44.2 Å². The Kier molecular flexibility index (Phi) is 8.29. The molecule has 2 rings (SSSR count). The zero-order chi connectivity index (χ0) is 21.4. The fourth-order valence-corrected chi connectivity index (χ4v) is 2.91. The Morgan fingerprint density at radius 2 is 1.79 bits per heavy atom. The van der Waals surface area contributed by atoms with E-state index in [0.29, 0.717) is 12.1 Å². The molecule has 4 N–H and O–H groups in total. The first-order valence-electron chi connectivity index (χ1n) is 9.56. The molecule has 0 aliphatic heterocycles. The highest BCUT2D eigenvalue weighted by atomic mass is 16.4. The quantitative estimate of drug-likeness (QED) is 0.461. The summed E-state index contributed by atoms with van der Waals surface area (Å²) in [5.41, 5.74) is 1.55. The van der Waals surface area contributed by atoms with Crippen molar-refractivity contribution in [2.24, 2.45) is 5.92 Å². The minimum Gasteiger partial charge on any atom is -0.426 e. The lowest BCUT2D eigenvalue weighted by atomic mass is 9.75. The van der Waals surface area contributed by atoms with Crippen LogP contribution in [0.5, 0.6) is 0 Å². The maximum absolute atomic E-state index is 12.9. The fraction of sp³-hybridized carbons (Fsp3) is 0.400. The van der Waals surface area contributed by atoms with E-state index in [4.69, 9.17) is 0 Å². The molecule has 29 heavy (non-hydrogen) atoms. The summed E-state index contributed by atoms with van der Waals surface area (Å²) < 4.78 is 0. The fourth-order valence-electron chi connectivity index (χ4n) is 2.91. The second-order valence-electron chi connectivity index (χ2n) is 7.42. The van der Waals surface area contributed by atoms with Gasteiger partial charge in [0.15, 0.2) is 0 Å². The molecule has 0 aliphatic carbocycles. The standard InChI is InChI=1S/C20H27BN4O4/c1-13(2)9-18(21(28)29)25-19(26)16(10-15-7-5-4-6-8-15)24-20(27)17-12-22-11-14(3)23-17/h4-8,11-13,16,18,28-29H,9-10H2,1-3H3,(H,24,27)(H,25,26)/t16-,18-/m0/s1. The molecule has 0 fully saturated rings. The zero-order valence-corrected chi connectivity index (χ0v) is 16.9. The number of rotatable bonds is 9. The van der Waals surface area contributed by atoms with Gasteiger partial charge in [-0.2, -0.15) is 0 Å². The summed E-state index contributed by atoms with van der Waals surface area (Å²) in [5.74, 6) is -1.72. The second kappa shape index (κ2) is 10.7. The van der Waals surface area contributed by atoms with Gasteiger partial charge in [-0.3, -0.25) is 14.6 Å². The number of hydrogen-bond acceptors (Lipinski definition) is 6. The monoisotopic (exact) mass is 398 g/mol. The molecule has 0 spiro atoms. The van der Waals surface area contributed by atoms with Gasteiger partial charge in [0.2, 0.25) is 5.91 Å². The summed E-state index contributed by atoms with van der Waals surface area (Å²) in [6.07, 6.45) is 3.50. The van der Waals surface area contributed by atoms with Crippen LogP contribution in [-0.4, -0.2) is 50.9 Å². The van der Waals surface area contributed by atoms with E-state index >= 15 is 0 Å². The molecule has 0 aliphatic rings. The van der Waals surface area contributed by atoms with E-state index < -0.39 is 30.9 Å². The molecule has 2 atom stereocenters. The number of benzene rings is 1. The Hall–Kier alpha value is -2.78. The highest BCUT2D eigenvalue weighted by molar-refractivity contribution is 6.43. The SMILES string of the molecule is Cc1cncc(C(=O)N[C@@H](Cc2ccccc2)C(=O)N[C@@H](CC(C)C)B(O)O)n1. The molecule has 0 bridgehead atoms. The van der Waals surface area contributed by atoms with Gasteiger partial charge < -0.3 is 20.7 Å². The highest BCUT2D eigenvalue weighted by Gasteiger charge is 2.30. The van der Waals surface area contributed by atoms with Crippen LogP contribution >= 0.6 is 0 Å². The third-order valence-electron chi connectivity index (χ3n) is 4.30. The van der Waals surface area contributed by atoms with Gasteiger partial charge >= 0.3 is 7.12 Å². The van der Waals surface area contributed by atoms with Crippen LogP contribution in [0.25, 0.3) is 0 Å². The molecule has 9 heteroatoms. The highest BCUT2D eigenvalue weighted by Crippen LogP contribution is 2.09. The maximum atomic E-state index is 12.9. The Labute approximate surface area is 170 Å². The van der Waals surface area contributed by atoms with E-state index in [2.05, 4.69) is 20.6 Å². The second-order valence-corrected chi connectivity index (χ2v) is 7.42. The Balaban J connectivity index is 2.19. The van der Waals surface area contributed by atoms with Gasteiger partial charge in [0.1, 0.15) is 11.7 Å². The first-order valence-corrected chi connectivity index (χ1v) is 9.56. The van der Waals surface area contributed by atoms with Crippen LogP contribution in [0.15, 0.2) is 42.7 Å². The van der Waals surface area contributed by atoms with E-state index in [1.165, 1.54) is 12.4 Å². The third-order valence-corrected chi connectivity index (χ3v) is 4.30. The molecule has 1 aromatic heterocycles. The molecule has 1 aromatic carbocycles. The zero-order valence-electron chi connectivity index (χ0n) is 16.9. The smallest absolute Gasteiger partial charge is 0.426 e. The van der Waals surface area contributed by atoms with Gasteiger partial charge in [-0.25, -0.2) is 4.98 Å². The van der Waals surface area contributed by atoms with Gasteiger partial charge in [-0.15, -0.1) is 0 Å². The average molecular weight is 398 g/mol. The average Bonchev–Trinajstić information content (AvgIpc) is 2.67. The number of hydrogen-bond donors (Lipinski definition) is 4. The first-order chi connectivity index (χ1) is 13.8. The predicted molar refractivity (Wildman–Crippen MR) is 110 cm³/mol. The van der Waals surface area contributed by atoms with Gasteiger partial charge in [0.05, 0.1) is 17.8 Å². The molecule has 0 saturated heterocycles. The third kappa shape index (κ3) is 7.28. The number of nitrogens with one attached hydrogen (secondary N) is 2. The minimum absolute atomic E-state index is 0.108. The number of carbonyl (C=O) groups is 2. The van der Waals surface area contributed by atoms with Gasteiger partial charge in [0, 0.05) is 12.6 Å².